The Morgan fingerprint density at radius 3 is 2.24 bits per heavy atom. The number of nitrogens with one attached hydrogen (secondary N) is 2. The lowest BCUT2D eigenvalue weighted by Crippen LogP contribution is -2.30. The molecule has 0 aromatic heterocycles. The van der Waals surface area contributed by atoms with Crippen LogP contribution in [0.4, 0.5) is 5.69 Å². The van der Waals surface area contributed by atoms with Gasteiger partial charge in [-0.05, 0) is 53.8 Å². The lowest BCUT2D eigenvalue weighted by molar-refractivity contribution is -0.114. The van der Waals surface area contributed by atoms with E-state index < -0.39 is 0 Å². The maximum absolute atomic E-state index is 11.6. The summed E-state index contributed by atoms with van der Waals surface area (Å²) in [4.78, 5) is 22.6. The molecule has 25 heavy (non-hydrogen) atoms. The molecule has 0 bridgehead atoms. The van der Waals surface area contributed by atoms with E-state index in [0.717, 1.165) is 35.2 Å². The van der Waals surface area contributed by atoms with E-state index in [1.807, 2.05) is 30.3 Å². The number of carbonyl (C=O) groups excluding carboxylic acids is 2. The maximum Gasteiger partial charge on any atom is 0.265 e. The smallest absolute Gasteiger partial charge is 0.265 e. The predicted molar refractivity (Wildman–Crippen MR) is 101 cm³/mol. The van der Waals surface area contributed by atoms with Gasteiger partial charge < -0.3 is 11.1 Å². The average Bonchev–Trinajstić information content (AvgIpc) is 2.59. The number of carbonyl (C=O) groups is 2. The Hall–Kier alpha value is -2.41. The Morgan fingerprint density at radius 1 is 1.00 bits per heavy atom. The first-order chi connectivity index (χ1) is 11.5. The minimum absolute atomic E-state index is 0. The molecule has 7 heteroatoms. The molecule has 0 saturated heterocycles. The van der Waals surface area contributed by atoms with Crippen LogP contribution in [0.3, 0.4) is 0 Å². The molecule has 134 valence electrons. The number of hydrogen-bond donors (Lipinski definition) is 4. The molecule has 0 heterocycles. The zero-order valence-electron chi connectivity index (χ0n) is 14.0. The number of amides is 2. The van der Waals surface area contributed by atoms with Gasteiger partial charge in [-0.25, -0.2) is 5.84 Å². The molecule has 2 rings (SSSR count). The van der Waals surface area contributed by atoms with Crippen molar-refractivity contribution in [2.24, 2.45) is 11.6 Å². The number of benzene rings is 2. The third-order valence-electron chi connectivity index (χ3n) is 3.78. The molecule has 0 radical (unpaired) electrons. The van der Waals surface area contributed by atoms with Crippen LogP contribution in [0.2, 0.25) is 0 Å². The van der Waals surface area contributed by atoms with Crippen LogP contribution in [-0.2, 0) is 24.2 Å². The molecule has 2 amide bonds. The van der Waals surface area contributed by atoms with Crippen LogP contribution < -0.4 is 22.3 Å². The van der Waals surface area contributed by atoms with E-state index in [2.05, 4.69) is 10.7 Å². The molecule has 0 aliphatic heterocycles. The van der Waals surface area contributed by atoms with Crippen LogP contribution in [0.25, 0.3) is 0 Å². The quantitative estimate of drug-likeness (QED) is 0.357. The lowest BCUT2D eigenvalue weighted by atomic mass is 9.97. The second-order valence-electron chi connectivity index (χ2n) is 5.54. The molecule has 2 aromatic carbocycles. The van der Waals surface area contributed by atoms with Crippen molar-refractivity contribution in [1.82, 2.24) is 5.43 Å². The third-order valence-corrected chi connectivity index (χ3v) is 3.78. The van der Waals surface area contributed by atoms with Gasteiger partial charge in [0.25, 0.3) is 5.91 Å². The number of hydrazine groups is 1. The van der Waals surface area contributed by atoms with Gasteiger partial charge in [-0.3, -0.25) is 15.0 Å². The van der Waals surface area contributed by atoms with Gasteiger partial charge in [-0.1, -0.05) is 18.2 Å². The number of rotatable bonds is 6. The van der Waals surface area contributed by atoms with Crippen molar-refractivity contribution in [1.29, 1.82) is 0 Å². The Bertz CT molecular complexity index is 732. The second-order valence-corrected chi connectivity index (χ2v) is 5.54. The molecular weight excluding hydrogens is 340 g/mol. The molecule has 0 aliphatic rings. The lowest BCUT2D eigenvalue weighted by Gasteiger charge is -2.10. The van der Waals surface area contributed by atoms with E-state index in [1.54, 1.807) is 12.1 Å². The van der Waals surface area contributed by atoms with Crippen LogP contribution in [0.5, 0.6) is 0 Å². The summed E-state index contributed by atoms with van der Waals surface area (Å²) in [6.45, 7) is 1.85. The topological polar surface area (TPSA) is 110 Å². The Morgan fingerprint density at radius 2 is 1.68 bits per heavy atom. The zero-order chi connectivity index (χ0) is 17.5. The van der Waals surface area contributed by atoms with Crippen LogP contribution in [0.15, 0.2) is 42.5 Å². The monoisotopic (exact) mass is 362 g/mol. The normalized spacial score (nSPS) is 9.88. The number of halogens is 1. The predicted octanol–water partition coefficient (Wildman–Crippen LogP) is 1.91. The molecule has 0 fully saturated rings. The standard InChI is InChI=1S/C18H22N4O2.ClH/c1-12(23)21-17-8-3-13(4-9-17)2-5-14-6-7-15(18(24)22-20)10-16(14)11-19;/h3-4,6-10H,2,5,11,19-20H2,1H3,(H,21,23)(H,22,24);1H. The Kier molecular flexibility index (Phi) is 8.07. The van der Waals surface area contributed by atoms with E-state index in [9.17, 15) is 9.59 Å². The molecule has 0 aliphatic carbocycles. The highest BCUT2D eigenvalue weighted by atomic mass is 35.5. The Balaban J connectivity index is 0.00000312. The summed E-state index contributed by atoms with van der Waals surface area (Å²) >= 11 is 0. The number of aryl methyl sites for hydroxylation is 2. The van der Waals surface area contributed by atoms with Crippen LogP contribution in [-0.4, -0.2) is 11.8 Å². The van der Waals surface area contributed by atoms with Gasteiger partial charge in [0, 0.05) is 24.7 Å². The van der Waals surface area contributed by atoms with Crippen molar-refractivity contribution in [3.63, 3.8) is 0 Å². The van der Waals surface area contributed by atoms with E-state index in [-0.39, 0.29) is 24.2 Å². The van der Waals surface area contributed by atoms with Gasteiger partial charge in [-0.2, -0.15) is 0 Å². The van der Waals surface area contributed by atoms with Crippen molar-refractivity contribution in [3.05, 3.63) is 64.7 Å². The molecule has 0 unspecified atom stereocenters. The van der Waals surface area contributed by atoms with Gasteiger partial charge in [0.05, 0.1) is 0 Å². The van der Waals surface area contributed by atoms with Crippen molar-refractivity contribution in [2.45, 2.75) is 26.3 Å². The number of hydrogen-bond acceptors (Lipinski definition) is 4. The summed E-state index contributed by atoms with van der Waals surface area (Å²) in [5, 5.41) is 2.74. The summed E-state index contributed by atoms with van der Waals surface area (Å²) in [5.41, 5.74) is 12.4. The number of nitrogen functional groups attached to an aromatic ring is 1. The maximum atomic E-state index is 11.6. The summed E-state index contributed by atoms with van der Waals surface area (Å²) in [5.74, 6) is 4.74. The summed E-state index contributed by atoms with van der Waals surface area (Å²) in [6, 6.07) is 13.2. The van der Waals surface area contributed by atoms with Crippen molar-refractivity contribution in [2.75, 3.05) is 5.32 Å². The molecule has 6 nitrogen and oxygen atoms in total. The highest BCUT2D eigenvalue weighted by Crippen LogP contribution is 2.16. The minimum Gasteiger partial charge on any atom is -0.326 e. The van der Waals surface area contributed by atoms with Crippen molar-refractivity contribution >= 4 is 29.9 Å². The van der Waals surface area contributed by atoms with E-state index in [0.29, 0.717) is 12.1 Å². The number of nitrogens with two attached hydrogens (primary N) is 2. The SMILES string of the molecule is CC(=O)Nc1ccc(CCc2ccc(C(=O)NN)cc2CN)cc1.Cl. The van der Waals surface area contributed by atoms with Gasteiger partial charge in [0.15, 0.2) is 0 Å². The van der Waals surface area contributed by atoms with Gasteiger partial charge in [0.1, 0.15) is 0 Å². The third kappa shape index (κ3) is 5.86. The first-order valence-electron chi connectivity index (χ1n) is 7.73. The van der Waals surface area contributed by atoms with Crippen molar-refractivity contribution in [3.8, 4) is 0 Å². The second kappa shape index (κ2) is 9.78. The van der Waals surface area contributed by atoms with Gasteiger partial charge in [0.2, 0.25) is 5.91 Å². The molecule has 6 N–H and O–H groups in total. The van der Waals surface area contributed by atoms with E-state index in [4.69, 9.17) is 11.6 Å². The fraction of sp³-hybridized carbons (Fsp3) is 0.222. The largest absolute Gasteiger partial charge is 0.326 e. The number of anilines is 1. The fourth-order valence-electron chi connectivity index (χ4n) is 2.52. The van der Waals surface area contributed by atoms with Gasteiger partial charge >= 0.3 is 0 Å². The summed E-state index contributed by atoms with van der Waals surface area (Å²) < 4.78 is 0. The molecule has 0 spiro atoms. The first kappa shape index (κ1) is 20.6. The van der Waals surface area contributed by atoms with Crippen LogP contribution >= 0.6 is 12.4 Å². The summed E-state index contributed by atoms with van der Waals surface area (Å²) in [6.07, 6.45) is 1.66. The molecule has 0 atom stereocenters. The zero-order valence-corrected chi connectivity index (χ0v) is 14.9. The van der Waals surface area contributed by atoms with E-state index >= 15 is 0 Å². The first-order valence-corrected chi connectivity index (χ1v) is 7.73. The summed E-state index contributed by atoms with van der Waals surface area (Å²) in [7, 11) is 0. The van der Waals surface area contributed by atoms with Crippen molar-refractivity contribution < 1.29 is 9.59 Å². The highest BCUT2D eigenvalue weighted by molar-refractivity contribution is 5.94. The van der Waals surface area contributed by atoms with Crippen LogP contribution in [0.1, 0.15) is 34.0 Å². The average molecular weight is 363 g/mol. The van der Waals surface area contributed by atoms with Gasteiger partial charge in [-0.15, -0.1) is 12.4 Å². The molecule has 2 aromatic rings. The fourth-order valence-corrected chi connectivity index (χ4v) is 2.52. The highest BCUT2D eigenvalue weighted by Gasteiger charge is 2.08. The Labute approximate surface area is 153 Å². The molecular formula is C18H23ClN4O2. The van der Waals surface area contributed by atoms with Crippen LogP contribution in [0, 0.1) is 0 Å². The van der Waals surface area contributed by atoms with E-state index in [1.165, 1.54) is 6.92 Å². The molecule has 0 saturated carbocycles. The minimum atomic E-state index is -0.329.